The van der Waals surface area contributed by atoms with E-state index in [0.717, 1.165) is 24.9 Å². The van der Waals surface area contributed by atoms with Gasteiger partial charge in [0.1, 0.15) is 0 Å². The lowest BCUT2D eigenvalue weighted by atomic mass is 9.47. The average Bonchev–Trinajstić information content (AvgIpc) is 3.02. The molecule has 2 aromatic rings. The predicted octanol–water partition coefficient (Wildman–Crippen LogP) is 3.36. The number of rotatable bonds is 3. The molecule has 1 atom stereocenters. The van der Waals surface area contributed by atoms with Crippen LogP contribution in [0.3, 0.4) is 0 Å². The maximum absolute atomic E-state index is 12.6. The van der Waals surface area contributed by atoms with E-state index in [4.69, 9.17) is 15.7 Å². The fourth-order valence-electron chi connectivity index (χ4n) is 3.35. The molecule has 0 spiro atoms. The monoisotopic (exact) mass is 334 g/mol. The quantitative estimate of drug-likeness (QED) is 0.686. The van der Waals surface area contributed by atoms with E-state index in [-0.39, 0.29) is 22.7 Å². The Morgan fingerprint density at radius 3 is 2.65 bits per heavy atom. The maximum atomic E-state index is 12.6. The molecule has 118 valence electrons. The first-order valence-corrected chi connectivity index (χ1v) is 8.15. The first-order chi connectivity index (χ1) is 10.7. The number of benzene rings is 1. The Morgan fingerprint density at radius 2 is 2.04 bits per heavy atom. The van der Waals surface area contributed by atoms with Crippen LogP contribution in [-0.2, 0) is 5.21 Å². The highest BCUT2D eigenvalue weighted by atomic mass is 32.2. The van der Waals surface area contributed by atoms with Crippen molar-refractivity contribution in [2.24, 2.45) is 0 Å². The minimum absolute atomic E-state index is 0.0413. The van der Waals surface area contributed by atoms with Gasteiger partial charge in [0.2, 0.25) is 0 Å². The molecule has 23 heavy (non-hydrogen) atoms. The first-order valence-electron chi connectivity index (χ1n) is 7.34. The van der Waals surface area contributed by atoms with Crippen molar-refractivity contribution in [2.75, 3.05) is 13.6 Å². The van der Waals surface area contributed by atoms with Gasteiger partial charge in [0.05, 0.1) is 15.7 Å². The van der Waals surface area contributed by atoms with Crippen LogP contribution >= 0.6 is 11.8 Å². The number of nitrogens with one attached hydrogen (secondary N) is 1. The average molecular weight is 334 g/mol. The van der Waals surface area contributed by atoms with Gasteiger partial charge >= 0.3 is 5.51 Å². The van der Waals surface area contributed by atoms with E-state index < -0.39 is 10.7 Å². The molecule has 2 nitrogen and oxygen atoms in total. The molecule has 1 aromatic heterocycles. The normalized spacial score (nSPS) is 20.4. The lowest BCUT2D eigenvalue weighted by molar-refractivity contribution is -0.0328. The van der Waals surface area contributed by atoms with E-state index in [1.807, 2.05) is 7.05 Å². The molecule has 1 N–H and O–H groups in total. The number of hydrogen-bond donors (Lipinski definition) is 1. The molecule has 4 radical (unpaired) electrons. The van der Waals surface area contributed by atoms with Gasteiger partial charge in [0.25, 0.3) is 0 Å². The van der Waals surface area contributed by atoms with Gasteiger partial charge < -0.3 is 9.88 Å². The minimum atomic E-state index is -4.32. The molecule has 1 unspecified atom stereocenters. The second kappa shape index (κ2) is 5.81. The van der Waals surface area contributed by atoms with Crippen molar-refractivity contribution in [1.29, 1.82) is 0 Å². The zero-order valence-corrected chi connectivity index (χ0v) is 13.5. The molecule has 0 amide bonds. The van der Waals surface area contributed by atoms with Crippen LogP contribution < -0.4 is 0 Å². The molecule has 0 aliphatic carbocycles. The summed E-state index contributed by atoms with van der Waals surface area (Å²) < 4.78 is 37.8. The number of likely N-dealkylation sites (tertiary alicyclic amines) is 1. The van der Waals surface area contributed by atoms with E-state index in [1.165, 1.54) is 12.1 Å². The standard InChI is InChI=1S/C15H15B2F3N2S/c1-22-6-2-3-13(22)14(16,17)11-8-21-12-5-4-9(7-10(11)12)23-15(18,19)20/h4-5,7-8,13,21H,2-3,6H2,1H3. The molecule has 0 bridgehead atoms. The predicted molar refractivity (Wildman–Crippen MR) is 89.0 cm³/mol. The number of likely N-dealkylation sites (N-methyl/N-ethyl adjacent to an activating group) is 1. The Kier molecular flexibility index (Phi) is 4.25. The molecule has 0 saturated carbocycles. The lowest BCUT2D eigenvalue weighted by Gasteiger charge is -2.37. The highest BCUT2D eigenvalue weighted by molar-refractivity contribution is 8.00. The van der Waals surface area contributed by atoms with Crippen molar-refractivity contribution >= 4 is 38.4 Å². The molecule has 2 heterocycles. The smallest absolute Gasteiger partial charge is 0.361 e. The molecule has 8 heteroatoms. The van der Waals surface area contributed by atoms with Crippen LogP contribution in [0.15, 0.2) is 29.3 Å². The summed E-state index contributed by atoms with van der Waals surface area (Å²) >= 11 is -0.135. The third-order valence-corrected chi connectivity index (χ3v) is 5.15. The van der Waals surface area contributed by atoms with Crippen LogP contribution in [0, 0.1) is 0 Å². The third kappa shape index (κ3) is 3.29. The van der Waals surface area contributed by atoms with Crippen molar-refractivity contribution in [3.05, 3.63) is 30.0 Å². The summed E-state index contributed by atoms with van der Waals surface area (Å²) in [7, 11) is 14.8. The van der Waals surface area contributed by atoms with Crippen LogP contribution in [0.25, 0.3) is 10.9 Å². The van der Waals surface area contributed by atoms with Crippen molar-refractivity contribution in [3.63, 3.8) is 0 Å². The highest BCUT2D eigenvalue weighted by Gasteiger charge is 2.37. The Balaban J connectivity index is 2.02. The van der Waals surface area contributed by atoms with Crippen LogP contribution in [0.2, 0.25) is 0 Å². The fourth-order valence-corrected chi connectivity index (χ4v) is 3.93. The van der Waals surface area contributed by atoms with Crippen molar-refractivity contribution in [1.82, 2.24) is 9.88 Å². The summed E-state index contributed by atoms with van der Waals surface area (Å²) in [6, 6.07) is 4.53. The Morgan fingerprint density at radius 1 is 1.30 bits per heavy atom. The number of thioether (sulfide) groups is 1. The highest BCUT2D eigenvalue weighted by Crippen LogP contribution is 2.40. The summed E-state index contributed by atoms with van der Waals surface area (Å²) in [5.74, 6) is 0. The van der Waals surface area contributed by atoms with E-state index in [0.29, 0.717) is 10.9 Å². The number of fused-ring (bicyclic) bond motifs is 1. The van der Waals surface area contributed by atoms with Crippen molar-refractivity contribution in [2.45, 2.75) is 34.5 Å². The van der Waals surface area contributed by atoms with Crippen LogP contribution in [-0.4, -0.2) is 50.7 Å². The second-order valence-electron chi connectivity index (χ2n) is 6.03. The summed E-state index contributed by atoms with van der Waals surface area (Å²) in [6.45, 7) is 0.915. The topological polar surface area (TPSA) is 19.0 Å². The second-order valence-corrected chi connectivity index (χ2v) is 7.17. The van der Waals surface area contributed by atoms with Gasteiger partial charge in [0, 0.05) is 28.0 Å². The number of aromatic amines is 1. The van der Waals surface area contributed by atoms with E-state index in [2.05, 4.69) is 9.88 Å². The zero-order valence-electron chi connectivity index (χ0n) is 12.7. The maximum Gasteiger partial charge on any atom is 0.446 e. The number of alkyl halides is 3. The van der Waals surface area contributed by atoms with Crippen molar-refractivity contribution < 1.29 is 13.2 Å². The minimum Gasteiger partial charge on any atom is -0.361 e. The Hall–Kier alpha value is -1.01. The molecule has 1 fully saturated rings. The molecular formula is C15H15B2F3N2S. The van der Waals surface area contributed by atoms with Gasteiger partial charge in [-0.15, -0.1) is 0 Å². The van der Waals surface area contributed by atoms with Gasteiger partial charge in [0.15, 0.2) is 0 Å². The largest absolute Gasteiger partial charge is 0.446 e. The number of nitrogens with zero attached hydrogens (tertiary/aromatic N) is 1. The van der Waals surface area contributed by atoms with Crippen molar-refractivity contribution in [3.8, 4) is 0 Å². The van der Waals surface area contributed by atoms with Gasteiger partial charge in [-0.1, -0.05) is 5.21 Å². The summed E-state index contributed by atoms with van der Waals surface area (Å²) in [6.07, 6.45) is 3.58. The van der Waals surface area contributed by atoms with Crippen LogP contribution in [0.5, 0.6) is 0 Å². The lowest BCUT2D eigenvalue weighted by Crippen LogP contribution is -2.47. The summed E-state index contributed by atoms with van der Waals surface area (Å²) in [4.78, 5) is 5.28. The third-order valence-electron chi connectivity index (χ3n) is 4.43. The molecule has 3 rings (SSSR count). The number of hydrogen-bond acceptors (Lipinski definition) is 2. The summed E-state index contributed by atoms with van der Waals surface area (Å²) in [5, 5.41) is -0.477. The van der Waals surface area contributed by atoms with E-state index in [1.54, 1.807) is 12.3 Å². The Labute approximate surface area is 140 Å². The SMILES string of the molecule is [B]C([B])(c1c[nH]c2ccc(SC(F)(F)F)cc12)C1CCCN1C. The molecule has 1 aromatic carbocycles. The summed E-state index contributed by atoms with van der Waals surface area (Å²) in [5.41, 5.74) is -2.94. The molecule has 1 aliphatic heterocycles. The number of halogens is 3. The zero-order chi connectivity index (χ0) is 16.8. The number of H-pyrrole nitrogens is 1. The first kappa shape index (κ1) is 16.8. The Bertz CT molecular complexity index is 714. The molecule has 1 aliphatic rings. The fraction of sp³-hybridized carbons (Fsp3) is 0.467. The molecular weight excluding hydrogens is 319 g/mol. The van der Waals surface area contributed by atoms with Gasteiger partial charge in [-0.3, -0.25) is 0 Å². The van der Waals surface area contributed by atoms with Gasteiger partial charge in [-0.2, -0.15) is 13.2 Å². The van der Waals surface area contributed by atoms with Crippen LogP contribution in [0.4, 0.5) is 13.2 Å². The molecule has 1 saturated heterocycles. The van der Waals surface area contributed by atoms with E-state index >= 15 is 0 Å². The van der Waals surface area contributed by atoms with E-state index in [9.17, 15) is 13.2 Å². The van der Waals surface area contributed by atoms with Crippen LogP contribution in [0.1, 0.15) is 18.4 Å². The number of aromatic nitrogens is 1. The van der Waals surface area contributed by atoms with Gasteiger partial charge in [-0.05, 0) is 62.0 Å². The van der Waals surface area contributed by atoms with Gasteiger partial charge in [-0.25, -0.2) is 0 Å².